The van der Waals surface area contributed by atoms with Gasteiger partial charge < -0.3 is 25.5 Å². The second kappa shape index (κ2) is 8.51. The average molecular weight is 287 g/mol. The van der Waals surface area contributed by atoms with Gasteiger partial charge in [0.05, 0.1) is 12.7 Å². The van der Waals surface area contributed by atoms with Crippen LogP contribution in [0.15, 0.2) is 23.8 Å². The highest BCUT2D eigenvalue weighted by molar-refractivity contribution is 5.23. The lowest BCUT2D eigenvalue weighted by atomic mass is 10.0. The number of aliphatic hydroxyl groups is 5. The first-order valence-electron chi connectivity index (χ1n) is 6.83. The van der Waals surface area contributed by atoms with E-state index in [1.165, 1.54) is 0 Å². The van der Waals surface area contributed by atoms with E-state index in [1.54, 1.807) is 7.05 Å². The third-order valence-electron chi connectivity index (χ3n) is 3.35. The number of hydrogen-bond donors (Lipinski definition) is 5. The molecule has 0 amide bonds. The van der Waals surface area contributed by atoms with Gasteiger partial charge in [-0.25, -0.2) is 0 Å². The summed E-state index contributed by atoms with van der Waals surface area (Å²) in [6, 6.07) is 0. The number of rotatable bonds is 8. The fourth-order valence-corrected chi connectivity index (χ4v) is 2.15. The van der Waals surface area contributed by atoms with Gasteiger partial charge in [-0.05, 0) is 25.5 Å². The van der Waals surface area contributed by atoms with Gasteiger partial charge in [-0.1, -0.05) is 18.2 Å². The van der Waals surface area contributed by atoms with Crippen molar-refractivity contribution < 1.29 is 25.5 Å². The summed E-state index contributed by atoms with van der Waals surface area (Å²) in [7, 11) is 1.80. The van der Waals surface area contributed by atoms with Crippen molar-refractivity contribution in [3.63, 3.8) is 0 Å². The van der Waals surface area contributed by atoms with Gasteiger partial charge in [0.2, 0.25) is 0 Å². The van der Waals surface area contributed by atoms with E-state index in [4.69, 9.17) is 5.11 Å². The summed E-state index contributed by atoms with van der Waals surface area (Å²) in [4.78, 5) is 1.83. The lowest BCUT2D eigenvalue weighted by Gasteiger charge is -2.28. The molecule has 0 saturated carbocycles. The highest BCUT2D eigenvalue weighted by Gasteiger charge is 2.30. The molecular weight excluding hydrogens is 262 g/mol. The Hall–Kier alpha value is -0.760. The number of likely N-dealkylation sites (N-methyl/N-ethyl adjacent to an activating group) is 1. The average Bonchev–Trinajstić information content (AvgIpc) is 2.45. The van der Waals surface area contributed by atoms with E-state index >= 15 is 0 Å². The van der Waals surface area contributed by atoms with Crippen LogP contribution in [0, 0.1) is 0 Å². The quantitative estimate of drug-likeness (QED) is 0.377. The third kappa shape index (κ3) is 5.32. The van der Waals surface area contributed by atoms with Gasteiger partial charge in [0.15, 0.2) is 0 Å². The molecule has 1 aliphatic carbocycles. The summed E-state index contributed by atoms with van der Waals surface area (Å²) in [6.07, 6.45) is 2.56. The molecule has 0 aromatic heterocycles. The molecule has 0 radical (unpaired) electrons. The number of hydrogen-bond acceptors (Lipinski definition) is 6. The second-order valence-corrected chi connectivity index (χ2v) is 5.25. The summed E-state index contributed by atoms with van der Waals surface area (Å²) in [5.41, 5.74) is 1.15. The van der Waals surface area contributed by atoms with Crippen molar-refractivity contribution in [1.29, 1.82) is 0 Å². The molecule has 0 aromatic rings. The zero-order valence-corrected chi connectivity index (χ0v) is 11.8. The third-order valence-corrected chi connectivity index (χ3v) is 3.35. The van der Waals surface area contributed by atoms with Crippen molar-refractivity contribution in [3.05, 3.63) is 23.8 Å². The Balaban J connectivity index is 2.42. The first-order valence-corrected chi connectivity index (χ1v) is 6.83. The van der Waals surface area contributed by atoms with Gasteiger partial charge >= 0.3 is 0 Å². The lowest BCUT2D eigenvalue weighted by Crippen LogP contribution is -2.49. The molecule has 116 valence electrons. The minimum absolute atomic E-state index is 0.154. The van der Waals surface area contributed by atoms with Gasteiger partial charge in [-0.15, -0.1) is 0 Å². The molecule has 20 heavy (non-hydrogen) atoms. The van der Waals surface area contributed by atoms with Crippen LogP contribution in [-0.4, -0.2) is 81.6 Å². The van der Waals surface area contributed by atoms with Crippen LogP contribution in [-0.2, 0) is 0 Å². The number of aliphatic hydroxyl groups excluding tert-OH is 5. The van der Waals surface area contributed by atoms with Gasteiger partial charge in [0.25, 0.3) is 0 Å². The van der Waals surface area contributed by atoms with Crippen molar-refractivity contribution >= 4 is 0 Å². The van der Waals surface area contributed by atoms with E-state index in [9.17, 15) is 20.4 Å². The maximum Gasteiger partial charge on any atom is 0.111 e. The van der Waals surface area contributed by atoms with Crippen LogP contribution >= 0.6 is 0 Å². The molecule has 5 N–H and O–H groups in total. The second-order valence-electron chi connectivity index (χ2n) is 5.25. The highest BCUT2D eigenvalue weighted by Crippen LogP contribution is 2.12. The van der Waals surface area contributed by atoms with Crippen molar-refractivity contribution in [3.8, 4) is 0 Å². The topological polar surface area (TPSA) is 104 Å². The molecule has 0 heterocycles. The summed E-state index contributed by atoms with van der Waals surface area (Å²) < 4.78 is 0. The van der Waals surface area contributed by atoms with Gasteiger partial charge in [-0.3, -0.25) is 4.90 Å². The lowest BCUT2D eigenvalue weighted by molar-refractivity contribution is -0.118. The Labute approximate surface area is 119 Å². The Bertz CT molecular complexity index is 344. The molecule has 6 heteroatoms. The molecule has 1 aliphatic rings. The molecular formula is C14H25NO5. The minimum atomic E-state index is -1.57. The summed E-state index contributed by atoms with van der Waals surface area (Å²) in [6.45, 7) is 0.124. The molecule has 0 saturated heterocycles. The van der Waals surface area contributed by atoms with Crippen LogP contribution in [0.5, 0.6) is 0 Å². The molecule has 0 spiro atoms. The van der Waals surface area contributed by atoms with E-state index < -0.39 is 31.0 Å². The number of nitrogens with zero attached hydrogens (tertiary/aromatic N) is 1. The smallest absolute Gasteiger partial charge is 0.111 e. The highest BCUT2D eigenvalue weighted by atomic mass is 16.4. The van der Waals surface area contributed by atoms with Gasteiger partial charge in [0, 0.05) is 13.1 Å². The van der Waals surface area contributed by atoms with Crippen LogP contribution in [0.1, 0.15) is 12.8 Å². The van der Waals surface area contributed by atoms with Crippen molar-refractivity contribution in [2.24, 2.45) is 0 Å². The van der Waals surface area contributed by atoms with E-state index in [-0.39, 0.29) is 6.54 Å². The minimum Gasteiger partial charge on any atom is -0.394 e. The van der Waals surface area contributed by atoms with E-state index in [1.807, 2.05) is 11.0 Å². The van der Waals surface area contributed by atoms with Crippen molar-refractivity contribution in [2.45, 2.75) is 37.3 Å². The normalized spacial score (nSPS) is 21.4. The standard InChI is InChI=1S/C14H25NO5/c1-15(7-10-5-3-2-4-6-10)8-11(17)13(19)14(20)12(18)9-16/h3,5-6,11-14,16-20H,2,4,7-9H2,1H3. The van der Waals surface area contributed by atoms with Gasteiger partial charge in [0.1, 0.15) is 18.3 Å². The van der Waals surface area contributed by atoms with E-state index in [0.29, 0.717) is 6.54 Å². The van der Waals surface area contributed by atoms with Crippen molar-refractivity contribution in [2.75, 3.05) is 26.7 Å². The first kappa shape index (κ1) is 17.3. The van der Waals surface area contributed by atoms with Crippen LogP contribution in [0.4, 0.5) is 0 Å². The fourth-order valence-electron chi connectivity index (χ4n) is 2.15. The van der Waals surface area contributed by atoms with Crippen LogP contribution in [0.3, 0.4) is 0 Å². The van der Waals surface area contributed by atoms with Crippen molar-refractivity contribution in [1.82, 2.24) is 4.90 Å². The van der Waals surface area contributed by atoms with Crippen LogP contribution in [0.2, 0.25) is 0 Å². The Morgan fingerprint density at radius 3 is 2.30 bits per heavy atom. The zero-order valence-electron chi connectivity index (χ0n) is 11.8. The SMILES string of the molecule is CN(CC1=CCCC=C1)CC(O)C(O)C(O)C(O)CO. The molecule has 4 atom stereocenters. The largest absolute Gasteiger partial charge is 0.394 e. The molecule has 1 rings (SSSR count). The van der Waals surface area contributed by atoms with E-state index in [0.717, 1.165) is 18.4 Å². The van der Waals surface area contributed by atoms with Crippen LogP contribution < -0.4 is 0 Å². The summed E-state index contributed by atoms with van der Waals surface area (Å²) >= 11 is 0. The molecule has 4 unspecified atom stereocenters. The zero-order chi connectivity index (χ0) is 15.1. The Morgan fingerprint density at radius 1 is 1.10 bits per heavy atom. The maximum atomic E-state index is 9.85. The summed E-state index contributed by atoms with van der Waals surface area (Å²) in [5.74, 6) is 0. The molecule has 0 aromatic carbocycles. The molecule has 0 fully saturated rings. The fraction of sp³-hybridized carbons (Fsp3) is 0.714. The molecule has 6 nitrogen and oxygen atoms in total. The predicted octanol–water partition coefficient (Wildman–Crippen LogP) is -1.37. The van der Waals surface area contributed by atoms with Crippen LogP contribution in [0.25, 0.3) is 0 Å². The Morgan fingerprint density at radius 2 is 1.75 bits per heavy atom. The first-order chi connectivity index (χ1) is 9.45. The number of allylic oxidation sites excluding steroid dienone is 2. The van der Waals surface area contributed by atoms with E-state index in [2.05, 4.69) is 12.2 Å². The molecule has 0 bridgehead atoms. The van der Waals surface area contributed by atoms with Gasteiger partial charge in [-0.2, -0.15) is 0 Å². The monoisotopic (exact) mass is 287 g/mol. The maximum absolute atomic E-state index is 9.85. The predicted molar refractivity (Wildman–Crippen MR) is 75.1 cm³/mol. The Kier molecular flexibility index (Phi) is 7.36. The summed E-state index contributed by atoms with van der Waals surface area (Å²) in [5, 5.41) is 47.0. The molecule has 0 aliphatic heterocycles.